The van der Waals surface area contributed by atoms with Gasteiger partial charge in [-0.05, 0) is 37.0 Å². The van der Waals surface area contributed by atoms with Crippen LogP contribution in [0.15, 0.2) is 0 Å². The summed E-state index contributed by atoms with van der Waals surface area (Å²) < 4.78 is 0. The van der Waals surface area contributed by atoms with Gasteiger partial charge in [-0.1, -0.05) is 34.6 Å². The fraction of sp³-hybridized carbons (Fsp3) is 1.00. The molecule has 0 aromatic carbocycles. The maximum atomic E-state index is 3.66. The number of hydrogen-bond acceptors (Lipinski definition) is 2. The van der Waals surface area contributed by atoms with Crippen molar-refractivity contribution in [1.29, 1.82) is 0 Å². The Balaban J connectivity index is 3.73. The van der Waals surface area contributed by atoms with Gasteiger partial charge in [0.25, 0.3) is 0 Å². The molecule has 0 aromatic rings. The molecule has 0 radical (unpaired) electrons. The summed E-state index contributed by atoms with van der Waals surface area (Å²) in [5.74, 6) is 2.10. The minimum atomic E-state index is 0.722. The molecule has 0 aliphatic carbocycles. The second-order valence-electron chi connectivity index (χ2n) is 5.00. The van der Waals surface area contributed by atoms with Crippen LogP contribution in [0.1, 0.15) is 53.9 Å². The fourth-order valence-electron chi connectivity index (χ4n) is 1.44. The molecule has 0 aromatic heterocycles. The average Bonchev–Trinajstić information content (AvgIpc) is 2.16. The highest BCUT2D eigenvalue weighted by Gasteiger charge is 2.09. The molecule has 0 fully saturated rings. The van der Waals surface area contributed by atoms with Crippen LogP contribution in [-0.4, -0.2) is 23.6 Å². The molecule has 0 aliphatic heterocycles. The van der Waals surface area contributed by atoms with Crippen molar-refractivity contribution in [1.82, 2.24) is 5.32 Å². The highest BCUT2D eigenvalue weighted by atomic mass is 32.2. The van der Waals surface area contributed by atoms with Crippen LogP contribution < -0.4 is 5.32 Å². The first-order valence-electron chi connectivity index (χ1n) is 6.41. The van der Waals surface area contributed by atoms with Gasteiger partial charge < -0.3 is 5.32 Å². The van der Waals surface area contributed by atoms with Crippen molar-refractivity contribution in [2.45, 2.75) is 65.2 Å². The van der Waals surface area contributed by atoms with Crippen LogP contribution in [-0.2, 0) is 0 Å². The van der Waals surface area contributed by atoms with Crippen LogP contribution in [0.25, 0.3) is 0 Å². The molecule has 92 valence electrons. The lowest BCUT2D eigenvalue weighted by atomic mass is 10.0. The highest BCUT2D eigenvalue weighted by molar-refractivity contribution is 7.99. The summed E-state index contributed by atoms with van der Waals surface area (Å²) in [5.41, 5.74) is 0. The first-order valence-corrected chi connectivity index (χ1v) is 7.46. The first kappa shape index (κ1) is 15.3. The summed E-state index contributed by atoms with van der Waals surface area (Å²) in [4.78, 5) is 0. The molecule has 0 bridgehead atoms. The van der Waals surface area contributed by atoms with Crippen molar-refractivity contribution < 1.29 is 0 Å². The number of rotatable bonds is 9. The van der Waals surface area contributed by atoms with Crippen LogP contribution >= 0.6 is 11.8 Å². The SMILES string of the molecule is CCCNC(CCC(C)C)CSC(C)C. The van der Waals surface area contributed by atoms with Gasteiger partial charge in [0.05, 0.1) is 0 Å². The van der Waals surface area contributed by atoms with Crippen molar-refractivity contribution in [2.75, 3.05) is 12.3 Å². The third-order valence-electron chi connectivity index (χ3n) is 2.41. The van der Waals surface area contributed by atoms with Gasteiger partial charge in [0.15, 0.2) is 0 Å². The first-order chi connectivity index (χ1) is 7.06. The Labute approximate surface area is 101 Å². The Morgan fingerprint density at radius 2 is 1.73 bits per heavy atom. The molecule has 0 heterocycles. The Morgan fingerprint density at radius 1 is 1.07 bits per heavy atom. The molecule has 0 saturated carbocycles. The molecule has 0 rings (SSSR count). The van der Waals surface area contributed by atoms with E-state index in [4.69, 9.17) is 0 Å². The molecule has 0 aliphatic rings. The predicted octanol–water partition coefficient (Wildman–Crippen LogP) is 3.93. The third-order valence-corrected chi connectivity index (χ3v) is 3.67. The van der Waals surface area contributed by atoms with Gasteiger partial charge in [0, 0.05) is 11.8 Å². The monoisotopic (exact) mass is 231 g/mol. The fourth-order valence-corrected chi connectivity index (χ4v) is 2.34. The van der Waals surface area contributed by atoms with Gasteiger partial charge in [0.2, 0.25) is 0 Å². The molecular formula is C13H29NS. The predicted molar refractivity (Wildman–Crippen MR) is 73.7 cm³/mol. The zero-order chi connectivity index (χ0) is 11.7. The maximum Gasteiger partial charge on any atom is 0.0158 e. The maximum absolute atomic E-state index is 3.66. The van der Waals surface area contributed by atoms with E-state index in [1.54, 1.807) is 0 Å². The minimum Gasteiger partial charge on any atom is -0.313 e. The quantitative estimate of drug-likeness (QED) is 0.645. The summed E-state index contributed by atoms with van der Waals surface area (Å²) in [6, 6.07) is 0.722. The van der Waals surface area contributed by atoms with E-state index in [1.807, 2.05) is 0 Å². The molecular weight excluding hydrogens is 202 g/mol. The summed E-state index contributed by atoms with van der Waals surface area (Å²) >= 11 is 2.08. The van der Waals surface area contributed by atoms with Gasteiger partial charge in [-0.25, -0.2) is 0 Å². The second kappa shape index (κ2) is 9.53. The Kier molecular flexibility index (Phi) is 9.73. The lowest BCUT2D eigenvalue weighted by molar-refractivity contribution is 0.456. The summed E-state index contributed by atoms with van der Waals surface area (Å²) in [5, 5.41) is 4.42. The van der Waals surface area contributed by atoms with Crippen LogP contribution in [0.4, 0.5) is 0 Å². The second-order valence-corrected chi connectivity index (χ2v) is 6.61. The summed E-state index contributed by atoms with van der Waals surface area (Å²) in [6.45, 7) is 12.6. The number of nitrogens with one attached hydrogen (secondary N) is 1. The van der Waals surface area contributed by atoms with E-state index >= 15 is 0 Å². The van der Waals surface area contributed by atoms with Gasteiger partial charge in [-0.3, -0.25) is 0 Å². The van der Waals surface area contributed by atoms with Gasteiger partial charge in [0.1, 0.15) is 0 Å². The molecule has 0 saturated heterocycles. The van der Waals surface area contributed by atoms with Crippen molar-refractivity contribution in [3.8, 4) is 0 Å². The Bertz CT molecular complexity index is 122. The zero-order valence-electron chi connectivity index (χ0n) is 11.2. The van der Waals surface area contributed by atoms with Crippen molar-refractivity contribution in [3.05, 3.63) is 0 Å². The average molecular weight is 231 g/mol. The molecule has 1 unspecified atom stereocenters. The number of hydrogen-bond donors (Lipinski definition) is 1. The van der Waals surface area contributed by atoms with E-state index in [0.29, 0.717) is 0 Å². The Morgan fingerprint density at radius 3 is 2.20 bits per heavy atom. The molecule has 1 nitrogen and oxygen atoms in total. The topological polar surface area (TPSA) is 12.0 Å². The van der Waals surface area contributed by atoms with E-state index in [-0.39, 0.29) is 0 Å². The molecule has 2 heteroatoms. The Hall–Kier alpha value is 0.310. The van der Waals surface area contributed by atoms with Gasteiger partial charge in [-0.2, -0.15) is 11.8 Å². The smallest absolute Gasteiger partial charge is 0.0158 e. The standard InChI is InChI=1S/C13H29NS/c1-6-9-14-13(8-7-11(2)3)10-15-12(4)5/h11-14H,6-10H2,1-5H3. The van der Waals surface area contributed by atoms with Crippen LogP contribution in [0.5, 0.6) is 0 Å². The molecule has 0 spiro atoms. The summed E-state index contributed by atoms with van der Waals surface area (Å²) in [7, 11) is 0. The van der Waals surface area contributed by atoms with Gasteiger partial charge in [-0.15, -0.1) is 0 Å². The minimum absolute atomic E-state index is 0.722. The van der Waals surface area contributed by atoms with Crippen molar-refractivity contribution in [3.63, 3.8) is 0 Å². The van der Waals surface area contributed by atoms with Crippen LogP contribution in [0.3, 0.4) is 0 Å². The summed E-state index contributed by atoms with van der Waals surface area (Å²) in [6.07, 6.45) is 3.92. The highest BCUT2D eigenvalue weighted by Crippen LogP contribution is 2.15. The molecule has 1 N–H and O–H groups in total. The van der Waals surface area contributed by atoms with Crippen molar-refractivity contribution >= 4 is 11.8 Å². The lowest BCUT2D eigenvalue weighted by Gasteiger charge is -2.20. The normalized spacial score (nSPS) is 13.8. The van der Waals surface area contributed by atoms with Crippen LogP contribution in [0.2, 0.25) is 0 Å². The van der Waals surface area contributed by atoms with E-state index in [1.165, 1.54) is 31.6 Å². The van der Waals surface area contributed by atoms with E-state index in [9.17, 15) is 0 Å². The third kappa shape index (κ3) is 10.6. The molecule has 0 amide bonds. The van der Waals surface area contributed by atoms with Gasteiger partial charge >= 0.3 is 0 Å². The zero-order valence-corrected chi connectivity index (χ0v) is 12.0. The van der Waals surface area contributed by atoms with Crippen LogP contribution in [0, 0.1) is 5.92 Å². The number of thioether (sulfide) groups is 1. The molecule has 1 atom stereocenters. The molecule has 15 heavy (non-hydrogen) atoms. The lowest BCUT2D eigenvalue weighted by Crippen LogP contribution is -2.32. The van der Waals surface area contributed by atoms with E-state index in [2.05, 4.69) is 51.7 Å². The largest absolute Gasteiger partial charge is 0.313 e. The van der Waals surface area contributed by atoms with Crippen molar-refractivity contribution in [2.24, 2.45) is 5.92 Å². The van der Waals surface area contributed by atoms with E-state index < -0.39 is 0 Å². The van der Waals surface area contributed by atoms with E-state index in [0.717, 1.165) is 17.2 Å².